The van der Waals surface area contributed by atoms with Gasteiger partial charge < -0.3 is 4.98 Å². The van der Waals surface area contributed by atoms with E-state index >= 15 is 0 Å². The summed E-state index contributed by atoms with van der Waals surface area (Å²) >= 11 is 0. The number of rotatable bonds is 2. The molecule has 0 unspecified atom stereocenters. The molecule has 13 heavy (non-hydrogen) atoms. The van der Waals surface area contributed by atoms with Crippen LogP contribution in [0.25, 0.3) is 6.08 Å². The first-order valence-electron chi connectivity index (χ1n) is 4.19. The molecule has 1 rings (SSSR count). The van der Waals surface area contributed by atoms with Gasteiger partial charge in [-0.15, -0.1) is 0 Å². The molecule has 1 aromatic rings. The van der Waals surface area contributed by atoms with E-state index in [1.165, 1.54) is 17.0 Å². The number of aromatic nitrogens is 1. The minimum Gasteiger partial charge on any atom is -0.362 e. The van der Waals surface area contributed by atoms with Crippen LogP contribution in [0.15, 0.2) is 24.3 Å². The molecule has 0 atom stereocenters. The van der Waals surface area contributed by atoms with Crippen LogP contribution in [0, 0.1) is 13.8 Å². The van der Waals surface area contributed by atoms with Crippen molar-refractivity contribution in [3.05, 3.63) is 41.2 Å². The van der Waals surface area contributed by atoms with Crippen LogP contribution in [0.1, 0.15) is 23.9 Å². The third kappa shape index (κ3) is 3.73. The van der Waals surface area contributed by atoms with Crippen molar-refractivity contribution in [1.29, 1.82) is 0 Å². The molecule has 0 bridgehead atoms. The number of hydrogen-bond donors (Lipinski definition) is 1. The van der Waals surface area contributed by atoms with E-state index in [0.717, 1.165) is 0 Å². The summed E-state index contributed by atoms with van der Waals surface area (Å²) in [7, 11) is 0. The van der Waals surface area contributed by atoms with Gasteiger partial charge in [-0.1, -0.05) is 24.3 Å². The quantitative estimate of drug-likeness (QED) is 0.622. The maximum atomic E-state index is 3.26. The van der Waals surface area contributed by atoms with Gasteiger partial charge in [0.05, 0.1) is 0 Å². The smallest absolute Gasteiger partial charge is 0.0191 e. The molecule has 0 spiro atoms. The fourth-order valence-electron chi connectivity index (χ4n) is 1.19. The van der Waals surface area contributed by atoms with Crippen molar-refractivity contribution in [2.75, 3.05) is 0 Å². The van der Waals surface area contributed by atoms with E-state index in [4.69, 9.17) is 0 Å². The number of H-pyrrole nitrogens is 1. The summed E-state index contributed by atoms with van der Waals surface area (Å²) in [5, 5.41) is 0. The average molecular weight is 262 g/mol. The summed E-state index contributed by atoms with van der Waals surface area (Å²) in [5.74, 6) is 0. The molecule has 1 N–H and O–H groups in total. The minimum atomic E-state index is 0. The van der Waals surface area contributed by atoms with E-state index in [9.17, 15) is 0 Å². The van der Waals surface area contributed by atoms with Crippen LogP contribution in [0.3, 0.4) is 0 Å². The summed E-state index contributed by atoms with van der Waals surface area (Å²) in [4.78, 5) is 3.26. The van der Waals surface area contributed by atoms with Gasteiger partial charge in [-0.25, -0.2) is 0 Å². The van der Waals surface area contributed by atoms with Gasteiger partial charge in [0.2, 0.25) is 0 Å². The zero-order valence-electron chi connectivity index (χ0n) is 8.24. The molecule has 72 valence electrons. The van der Waals surface area contributed by atoms with E-state index in [1.54, 1.807) is 0 Å². The van der Waals surface area contributed by atoms with E-state index in [2.05, 4.69) is 37.0 Å². The molecule has 1 heterocycles. The molecule has 0 saturated carbocycles. The Kier molecular flexibility index (Phi) is 5.65. The number of hydrogen-bond acceptors (Lipinski definition) is 0. The topological polar surface area (TPSA) is 15.8 Å². The van der Waals surface area contributed by atoms with Crippen molar-refractivity contribution in [2.24, 2.45) is 0 Å². The molecule has 0 aliphatic carbocycles. The van der Waals surface area contributed by atoms with Gasteiger partial charge in [-0.3, -0.25) is 0 Å². The molecule has 1 aromatic heterocycles. The molecule has 0 aliphatic heterocycles. The van der Waals surface area contributed by atoms with Crippen molar-refractivity contribution < 1.29 is 19.5 Å². The molecule has 0 aliphatic rings. The first kappa shape index (κ1) is 12.4. The van der Waals surface area contributed by atoms with Gasteiger partial charge in [0.1, 0.15) is 0 Å². The van der Waals surface area contributed by atoms with Crippen molar-refractivity contribution in [2.45, 2.75) is 20.8 Å². The normalized spacial score (nSPS) is 11.0. The summed E-state index contributed by atoms with van der Waals surface area (Å²) in [6.45, 7) is 6.17. The van der Waals surface area contributed by atoms with Crippen LogP contribution in [-0.2, 0) is 19.5 Å². The molecule has 1 nitrogen and oxygen atoms in total. The summed E-state index contributed by atoms with van der Waals surface area (Å²) in [5.41, 5.74) is 3.71. The van der Waals surface area contributed by atoms with Crippen LogP contribution >= 0.6 is 0 Å². The van der Waals surface area contributed by atoms with Crippen molar-refractivity contribution in [3.8, 4) is 0 Å². The van der Waals surface area contributed by atoms with Crippen LogP contribution in [0.2, 0.25) is 0 Å². The molecule has 0 fully saturated rings. The van der Waals surface area contributed by atoms with E-state index in [1.807, 2.05) is 19.1 Å². The van der Waals surface area contributed by atoms with Crippen LogP contribution in [0.4, 0.5) is 0 Å². The number of aromatic amines is 1. The van der Waals surface area contributed by atoms with E-state index in [0.29, 0.717) is 0 Å². The molecule has 0 radical (unpaired) electrons. The second-order valence-electron chi connectivity index (χ2n) is 2.92. The van der Waals surface area contributed by atoms with Crippen molar-refractivity contribution >= 4 is 6.08 Å². The second-order valence-corrected chi connectivity index (χ2v) is 2.92. The number of allylic oxidation sites excluding steroid dienone is 3. The fraction of sp³-hybridized carbons (Fsp3) is 0.273. The Morgan fingerprint density at radius 3 is 2.38 bits per heavy atom. The van der Waals surface area contributed by atoms with Crippen molar-refractivity contribution in [1.82, 2.24) is 4.98 Å². The van der Waals surface area contributed by atoms with Gasteiger partial charge in [0.25, 0.3) is 0 Å². The second kappa shape index (κ2) is 5.93. The van der Waals surface area contributed by atoms with Gasteiger partial charge in [-0.2, -0.15) is 0 Å². The zero-order chi connectivity index (χ0) is 8.97. The van der Waals surface area contributed by atoms with E-state index in [-0.39, 0.29) is 19.5 Å². The van der Waals surface area contributed by atoms with Gasteiger partial charge in [0, 0.05) is 30.9 Å². The standard InChI is InChI=1S/C11H15N.Ru/c1-4-5-6-7-11-8-9(2)12-10(11)3;/h4-8,12H,1-3H3;. The maximum Gasteiger partial charge on any atom is 0.0191 e. The first-order chi connectivity index (χ1) is 5.74. The maximum absolute atomic E-state index is 3.26. The SMILES string of the molecule is CC=CC=Cc1cc(C)[nH]c1C.[Ru]. The number of nitrogens with one attached hydrogen (secondary N) is 1. The first-order valence-corrected chi connectivity index (χ1v) is 4.19. The molecule has 2 heteroatoms. The van der Waals surface area contributed by atoms with Gasteiger partial charge in [0.15, 0.2) is 0 Å². The van der Waals surface area contributed by atoms with Gasteiger partial charge >= 0.3 is 0 Å². The summed E-state index contributed by atoms with van der Waals surface area (Å²) in [6, 6.07) is 2.15. The molecule has 0 amide bonds. The zero-order valence-corrected chi connectivity index (χ0v) is 9.98. The van der Waals surface area contributed by atoms with Crippen molar-refractivity contribution in [3.63, 3.8) is 0 Å². The van der Waals surface area contributed by atoms with Crippen LogP contribution in [-0.4, -0.2) is 4.98 Å². The van der Waals surface area contributed by atoms with E-state index < -0.39 is 0 Å². The summed E-state index contributed by atoms with van der Waals surface area (Å²) < 4.78 is 0. The van der Waals surface area contributed by atoms with Crippen LogP contribution < -0.4 is 0 Å². The average Bonchev–Trinajstić information content (AvgIpc) is 2.31. The number of aryl methyl sites for hydroxylation is 2. The Hall–Kier alpha value is -0.617. The predicted octanol–water partition coefficient (Wildman–Crippen LogP) is 3.22. The molecular weight excluding hydrogens is 247 g/mol. The fourth-order valence-corrected chi connectivity index (χ4v) is 1.19. The molecular formula is C11H15NRu. The minimum absolute atomic E-state index is 0. The third-order valence-corrected chi connectivity index (χ3v) is 1.77. The molecule has 0 saturated heterocycles. The third-order valence-electron chi connectivity index (χ3n) is 1.77. The monoisotopic (exact) mass is 263 g/mol. The Morgan fingerprint density at radius 1 is 1.23 bits per heavy atom. The Labute approximate surface area is 92.7 Å². The molecule has 0 aromatic carbocycles. The van der Waals surface area contributed by atoms with Crippen LogP contribution in [0.5, 0.6) is 0 Å². The largest absolute Gasteiger partial charge is 0.362 e. The Morgan fingerprint density at radius 2 is 1.92 bits per heavy atom. The van der Waals surface area contributed by atoms with Gasteiger partial charge in [-0.05, 0) is 32.4 Å². The Bertz CT molecular complexity index is 308. The Balaban J connectivity index is 0.00000144. The predicted molar refractivity (Wildman–Crippen MR) is 54.1 cm³/mol. The summed E-state index contributed by atoms with van der Waals surface area (Å²) in [6.07, 6.45) is 8.21.